The first-order valence-corrected chi connectivity index (χ1v) is 13.4. The second-order valence-corrected chi connectivity index (χ2v) is 9.72. The number of esters is 3. The fourth-order valence-corrected chi connectivity index (χ4v) is 4.73. The van der Waals surface area contributed by atoms with E-state index in [9.17, 15) is 19.2 Å². The van der Waals surface area contributed by atoms with Gasteiger partial charge in [-0.15, -0.1) is 0 Å². The largest absolute Gasteiger partial charge is 0.456 e. The molecule has 3 aromatic carbocycles. The molecule has 0 aliphatic carbocycles. The van der Waals surface area contributed by atoms with Crippen LogP contribution in [0.25, 0.3) is 11.2 Å². The summed E-state index contributed by atoms with van der Waals surface area (Å²) in [7, 11) is 0. The zero-order valence-corrected chi connectivity index (χ0v) is 22.7. The molecule has 5 aromatic rings. The molecule has 12 nitrogen and oxygen atoms in total. The Morgan fingerprint density at radius 1 is 0.818 bits per heavy atom. The van der Waals surface area contributed by atoms with Crippen molar-refractivity contribution < 1.29 is 37.7 Å². The van der Waals surface area contributed by atoms with Crippen LogP contribution in [-0.2, 0) is 18.9 Å². The first-order chi connectivity index (χ1) is 21.3. The smallest absolute Gasteiger partial charge is 0.338 e. The van der Waals surface area contributed by atoms with Crippen molar-refractivity contribution in [2.75, 3.05) is 6.61 Å². The molecule has 3 heterocycles. The Morgan fingerprint density at radius 2 is 1.36 bits per heavy atom. The van der Waals surface area contributed by atoms with Crippen molar-refractivity contribution in [2.45, 2.75) is 24.3 Å². The van der Waals surface area contributed by atoms with Gasteiger partial charge in [0.2, 0.25) is 6.10 Å². The number of halogens is 1. The Bertz CT molecular complexity index is 1870. The fraction of sp³-hybridized carbons (Fsp3) is 0.161. The number of aromatic nitrogens is 4. The van der Waals surface area contributed by atoms with E-state index in [1.165, 1.54) is 41.0 Å². The minimum absolute atomic E-state index is 0.0295. The van der Waals surface area contributed by atoms with Crippen molar-refractivity contribution in [3.63, 3.8) is 0 Å². The van der Waals surface area contributed by atoms with Crippen molar-refractivity contribution in [3.05, 3.63) is 131 Å². The molecule has 1 aliphatic rings. The lowest BCUT2D eigenvalue weighted by atomic mass is 10.1. The van der Waals surface area contributed by atoms with Crippen molar-refractivity contribution in [2.24, 2.45) is 0 Å². The summed E-state index contributed by atoms with van der Waals surface area (Å²) in [6.45, 7) is -1.05. The molecular weight excluding hydrogens is 575 g/mol. The normalized spacial score (nSPS) is 21.1. The molecule has 2 aromatic heterocycles. The predicted octanol–water partition coefficient (Wildman–Crippen LogP) is 3.62. The van der Waals surface area contributed by atoms with Crippen LogP contribution in [0.5, 0.6) is 0 Å². The number of H-pyrrole nitrogens is 1. The highest BCUT2D eigenvalue weighted by Crippen LogP contribution is 2.43. The molecule has 0 spiro atoms. The highest BCUT2D eigenvalue weighted by Gasteiger charge is 2.62. The number of aromatic amines is 1. The summed E-state index contributed by atoms with van der Waals surface area (Å²) in [5, 5.41) is 0. The first kappa shape index (κ1) is 28.4. The average molecular weight is 599 g/mol. The lowest BCUT2D eigenvalue weighted by Crippen LogP contribution is -2.47. The summed E-state index contributed by atoms with van der Waals surface area (Å²) in [6, 6.07) is 23.5. The van der Waals surface area contributed by atoms with Crippen molar-refractivity contribution in [3.8, 4) is 0 Å². The maximum atomic E-state index is 17.1. The van der Waals surface area contributed by atoms with Gasteiger partial charge in [0, 0.05) is 0 Å². The van der Waals surface area contributed by atoms with Crippen LogP contribution >= 0.6 is 0 Å². The number of hydrogen-bond donors (Lipinski definition) is 1. The van der Waals surface area contributed by atoms with Gasteiger partial charge in [0.25, 0.3) is 11.4 Å². The van der Waals surface area contributed by atoms with E-state index in [-0.39, 0.29) is 27.9 Å². The third-order valence-corrected chi connectivity index (χ3v) is 6.87. The number of benzene rings is 3. The molecule has 0 saturated carbocycles. The molecule has 1 N–H and O–H groups in total. The van der Waals surface area contributed by atoms with E-state index in [2.05, 4.69) is 15.0 Å². The summed E-state index contributed by atoms with van der Waals surface area (Å²) in [5.74, 6) is -5.76. The molecule has 1 saturated heterocycles. The van der Waals surface area contributed by atoms with E-state index in [4.69, 9.17) is 18.9 Å². The lowest BCUT2D eigenvalue weighted by Gasteiger charge is -2.27. The van der Waals surface area contributed by atoms with E-state index >= 15 is 4.39 Å². The summed E-state index contributed by atoms with van der Waals surface area (Å²) in [5.41, 5.74) is -0.378. The number of rotatable bonds is 8. The molecule has 0 bridgehead atoms. The molecule has 0 unspecified atom stereocenters. The van der Waals surface area contributed by atoms with Crippen molar-refractivity contribution in [1.29, 1.82) is 0 Å². The van der Waals surface area contributed by atoms with Crippen LogP contribution in [0.2, 0.25) is 0 Å². The van der Waals surface area contributed by atoms with Gasteiger partial charge >= 0.3 is 17.9 Å². The number of nitrogens with one attached hydrogen (secondary N) is 1. The highest BCUT2D eigenvalue weighted by atomic mass is 19.2. The minimum Gasteiger partial charge on any atom is -0.456 e. The zero-order valence-electron chi connectivity index (χ0n) is 22.7. The number of fused-ring (bicyclic) bond motifs is 1. The van der Waals surface area contributed by atoms with Gasteiger partial charge in [0.15, 0.2) is 30.1 Å². The van der Waals surface area contributed by atoms with E-state index in [1.54, 1.807) is 54.6 Å². The maximum Gasteiger partial charge on any atom is 0.338 e. The molecule has 1 fully saturated rings. The first-order valence-electron chi connectivity index (χ1n) is 13.4. The Kier molecular flexibility index (Phi) is 7.69. The molecule has 222 valence electrons. The third-order valence-electron chi connectivity index (χ3n) is 6.87. The van der Waals surface area contributed by atoms with Gasteiger partial charge in [-0.05, 0) is 36.4 Å². The number of imidazole rings is 1. The second kappa shape index (κ2) is 11.9. The molecule has 0 radical (unpaired) electrons. The number of alkyl halides is 1. The third kappa shape index (κ3) is 5.55. The number of ether oxygens (including phenoxy) is 4. The number of carbonyl (C=O) groups is 3. The average Bonchev–Trinajstić information content (AvgIpc) is 3.61. The van der Waals surface area contributed by atoms with Crippen LogP contribution < -0.4 is 5.56 Å². The van der Waals surface area contributed by atoms with E-state index in [1.807, 2.05) is 0 Å². The molecule has 44 heavy (non-hydrogen) atoms. The van der Waals surface area contributed by atoms with Crippen molar-refractivity contribution >= 4 is 29.1 Å². The number of nitrogens with zero attached hydrogens (tertiary/aromatic N) is 3. The zero-order chi connectivity index (χ0) is 30.7. The maximum absolute atomic E-state index is 17.1. The van der Waals surface area contributed by atoms with Crippen molar-refractivity contribution in [1.82, 2.24) is 19.5 Å². The SMILES string of the molecule is O=C(OC[C@@]1(F)O[C@@H](n2cnc3c(=O)[nH]cnc32)[C@H](OC(=O)c2ccccc2)[C@@H]1OC(=O)c1ccccc1)c1ccccc1. The van der Waals surface area contributed by atoms with Gasteiger partial charge in [0.05, 0.1) is 29.3 Å². The Hall–Kier alpha value is -5.69. The fourth-order valence-electron chi connectivity index (χ4n) is 4.73. The van der Waals surface area contributed by atoms with Gasteiger partial charge in [-0.1, -0.05) is 54.6 Å². The molecular formula is C31H23FN4O8. The number of hydrogen-bond acceptors (Lipinski definition) is 10. The molecule has 4 atom stereocenters. The van der Waals surface area contributed by atoms with Crippen LogP contribution in [-0.4, -0.2) is 62.1 Å². The van der Waals surface area contributed by atoms with Crippen LogP contribution in [0.3, 0.4) is 0 Å². The van der Waals surface area contributed by atoms with Gasteiger partial charge in [-0.2, -0.15) is 0 Å². The molecule has 6 rings (SSSR count). The lowest BCUT2D eigenvalue weighted by molar-refractivity contribution is -0.207. The highest BCUT2D eigenvalue weighted by molar-refractivity contribution is 5.91. The van der Waals surface area contributed by atoms with Crippen LogP contribution in [0.4, 0.5) is 4.39 Å². The van der Waals surface area contributed by atoms with Crippen LogP contribution in [0.15, 0.2) is 108 Å². The molecule has 0 amide bonds. The predicted molar refractivity (Wildman–Crippen MR) is 150 cm³/mol. The summed E-state index contributed by atoms with van der Waals surface area (Å²) >= 11 is 0. The second-order valence-electron chi connectivity index (χ2n) is 9.72. The molecule has 13 heteroatoms. The van der Waals surface area contributed by atoms with E-state index in [0.29, 0.717) is 0 Å². The Labute approximate surface area is 248 Å². The standard InChI is InChI=1S/C31H23FN4O8/c32-31(16-41-28(38)19-10-4-1-5-11-19)24(43-30(40)21-14-8-3-9-15-21)23(42-29(39)20-12-6-2-7-13-20)27(44-31)36-18-35-22-25(36)33-17-34-26(22)37/h1-15,17-18,23-24,27H,16H2,(H,33,34,37)/t23-,24+,27-,31-/m1/s1. The van der Waals surface area contributed by atoms with Crippen LogP contribution in [0, 0.1) is 0 Å². The topological polar surface area (TPSA) is 152 Å². The van der Waals surface area contributed by atoms with Gasteiger partial charge in [0.1, 0.15) is 0 Å². The van der Waals surface area contributed by atoms with Gasteiger partial charge < -0.3 is 23.9 Å². The Morgan fingerprint density at radius 3 is 1.95 bits per heavy atom. The summed E-state index contributed by atoms with van der Waals surface area (Å²) in [6.07, 6.45) is -2.94. The van der Waals surface area contributed by atoms with E-state index in [0.717, 1.165) is 12.7 Å². The summed E-state index contributed by atoms with van der Waals surface area (Å²) in [4.78, 5) is 62.2. The minimum atomic E-state index is -3.04. The monoisotopic (exact) mass is 598 g/mol. The summed E-state index contributed by atoms with van der Waals surface area (Å²) < 4.78 is 40.7. The Balaban J connectivity index is 1.41. The van der Waals surface area contributed by atoms with Gasteiger partial charge in [-0.25, -0.2) is 28.7 Å². The van der Waals surface area contributed by atoms with Gasteiger partial charge in [-0.3, -0.25) is 9.36 Å². The van der Waals surface area contributed by atoms with Crippen LogP contribution in [0.1, 0.15) is 37.3 Å². The van der Waals surface area contributed by atoms with E-state index < -0.39 is 54.4 Å². The quantitative estimate of drug-likeness (QED) is 0.207. The molecule has 1 aliphatic heterocycles. The number of carbonyl (C=O) groups excluding carboxylic acids is 3.